The molecule has 7 heteroatoms. The molecule has 0 aliphatic carbocycles. The van der Waals surface area contributed by atoms with Crippen molar-refractivity contribution in [1.29, 1.82) is 0 Å². The van der Waals surface area contributed by atoms with E-state index in [1.54, 1.807) is 24.1 Å². The van der Waals surface area contributed by atoms with Crippen LogP contribution >= 0.6 is 0 Å². The first kappa shape index (κ1) is 21.3. The monoisotopic (exact) mass is 427 g/mol. The van der Waals surface area contributed by atoms with Gasteiger partial charge in [0.2, 0.25) is 5.91 Å². The van der Waals surface area contributed by atoms with Crippen LogP contribution in [0.3, 0.4) is 0 Å². The Labute approximate surface area is 180 Å². The highest BCUT2D eigenvalue weighted by atomic mass is 19.3. The number of aromatic amines is 1. The summed E-state index contributed by atoms with van der Waals surface area (Å²) in [4.78, 5) is 19.9. The molecule has 1 aromatic heterocycles. The molecule has 0 atom stereocenters. The molecule has 1 N–H and O–H groups in total. The predicted molar refractivity (Wildman–Crippen MR) is 116 cm³/mol. The van der Waals surface area contributed by atoms with Gasteiger partial charge < -0.3 is 14.6 Å². The summed E-state index contributed by atoms with van der Waals surface area (Å²) >= 11 is 0. The molecular formula is C24H27F2N3O2. The van der Waals surface area contributed by atoms with Crippen LogP contribution in [-0.2, 0) is 11.3 Å². The molecule has 0 unspecified atom stereocenters. The number of alkyl halides is 2. The van der Waals surface area contributed by atoms with Crippen molar-refractivity contribution in [3.8, 4) is 5.75 Å². The van der Waals surface area contributed by atoms with Crippen LogP contribution in [0.25, 0.3) is 10.9 Å². The third-order valence-electron chi connectivity index (χ3n) is 6.00. The second-order valence-corrected chi connectivity index (χ2v) is 8.11. The largest absolute Gasteiger partial charge is 0.435 e. The molecule has 2 aromatic carbocycles. The van der Waals surface area contributed by atoms with E-state index in [4.69, 9.17) is 0 Å². The smallest absolute Gasteiger partial charge is 0.387 e. The topological polar surface area (TPSA) is 48.6 Å². The van der Waals surface area contributed by atoms with Crippen LogP contribution in [0.2, 0.25) is 0 Å². The van der Waals surface area contributed by atoms with Crippen molar-refractivity contribution < 1.29 is 18.3 Å². The standard InChI is InChI=1S/C24H27F2N3O2/c1-28(15-17-6-8-19(9-7-17)31-24(25)26)23(30)16-29-12-10-18(11-13-29)21-14-27-22-5-3-2-4-20(21)22/h2-9,14,18,24,27H,10-13,15-16H2,1H3. The number of rotatable bonds is 7. The van der Waals surface area contributed by atoms with Gasteiger partial charge in [0.25, 0.3) is 0 Å². The number of likely N-dealkylation sites (N-methyl/N-ethyl adjacent to an activating group) is 1. The third-order valence-corrected chi connectivity index (χ3v) is 6.00. The summed E-state index contributed by atoms with van der Waals surface area (Å²) in [6, 6.07) is 14.8. The molecule has 0 radical (unpaired) electrons. The number of carbonyl (C=O) groups is 1. The van der Waals surface area contributed by atoms with Crippen LogP contribution in [0.15, 0.2) is 54.7 Å². The number of fused-ring (bicyclic) bond motifs is 1. The minimum Gasteiger partial charge on any atom is -0.435 e. The van der Waals surface area contributed by atoms with Crippen molar-refractivity contribution in [3.63, 3.8) is 0 Å². The van der Waals surface area contributed by atoms with E-state index in [-0.39, 0.29) is 11.7 Å². The Morgan fingerprint density at radius 2 is 1.87 bits per heavy atom. The molecular weight excluding hydrogens is 400 g/mol. The first-order valence-corrected chi connectivity index (χ1v) is 10.6. The number of para-hydroxylation sites is 1. The van der Waals surface area contributed by atoms with E-state index < -0.39 is 6.61 Å². The first-order chi connectivity index (χ1) is 15.0. The van der Waals surface area contributed by atoms with Crippen molar-refractivity contribution in [2.75, 3.05) is 26.7 Å². The number of halogens is 2. The summed E-state index contributed by atoms with van der Waals surface area (Å²) in [5, 5.41) is 1.29. The summed E-state index contributed by atoms with van der Waals surface area (Å²) in [5.41, 5.74) is 3.42. The van der Waals surface area contributed by atoms with Crippen molar-refractivity contribution in [3.05, 3.63) is 65.9 Å². The zero-order valence-electron chi connectivity index (χ0n) is 17.6. The second-order valence-electron chi connectivity index (χ2n) is 8.11. The summed E-state index contributed by atoms with van der Waals surface area (Å²) in [6.07, 6.45) is 4.19. The molecule has 1 saturated heterocycles. The van der Waals surface area contributed by atoms with E-state index in [1.807, 2.05) is 6.07 Å². The van der Waals surface area contributed by atoms with E-state index >= 15 is 0 Å². The van der Waals surface area contributed by atoms with E-state index in [2.05, 4.69) is 39.0 Å². The lowest BCUT2D eigenvalue weighted by Gasteiger charge is -2.32. The number of nitrogens with zero attached hydrogens (tertiary/aromatic N) is 2. The SMILES string of the molecule is CN(Cc1ccc(OC(F)F)cc1)C(=O)CN1CCC(c2c[nH]c3ccccc23)CC1. The summed E-state index contributed by atoms with van der Waals surface area (Å²) in [5.74, 6) is 0.679. The Morgan fingerprint density at radius 3 is 2.58 bits per heavy atom. The molecule has 4 rings (SSSR count). The summed E-state index contributed by atoms with van der Waals surface area (Å²) in [7, 11) is 1.77. The average Bonchev–Trinajstić information content (AvgIpc) is 3.19. The van der Waals surface area contributed by atoms with Crippen molar-refractivity contribution in [1.82, 2.24) is 14.8 Å². The Balaban J connectivity index is 1.26. The normalized spacial score (nSPS) is 15.5. The van der Waals surface area contributed by atoms with Gasteiger partial charge in [-0.2, -0.15) is 8.78 Å². The Kier molecular flexibility index (Phi) is 6.51. The number of amides is 1. The van der Waals surface area contributed by atoms with Gasteiger partial charge in [-0.25, -0.2) is 0 Å². The summed E-state index contributed by atoms with van der Waals surface area (Å²) < 4.78 is 28.9. The van der Waals surface area contributed by atoms with Gasteiger partial charge in [0.1, 0.15) is 5.75 Å². The Hall–Kier alpha value is -2.93. The van der Waals surface area contributed by atoms with Crippen LogP contribution in [0.5, 0.6) is 5.75 Å². The van der Waals surface area contributed by atoms with Gasteiger partial charge in [-0.1, -0.05) is 30.3 Å². The second kappa shape index (κ2) is 9.47. The molecule has 0 saturated carbocycles. The molecule has 2 heterocycles. The van der Waals surface area contributed by atoms with Gasteiger partial charge >= 0.3 is 6.61 Å². The van der Waals surface area contributed by atoms with Crippen LogP contribution in [0, 0.1) is 0 Å². The van der Waals surface area contributed by atoms with E-state index in [0.717, 1.165) is 31.5 Å². The number of hydrogen-bond donors (Lipinski definition) is 1. The van der Waals surface area contributed by atoms with E-state index in [1.165, 1.54) is 28.6 Å². The first-order valence-electron chi connectivity index (χ1n) is 10.6. The van der Waals surface area contributed by atoms with Crippen molar-refractivity contribution >= 4 is 16.8 Å². The number of ether oxygens (including phenoxy) is 1. The van der Waals surface area contributed by atoms with Crippen molar-refractivity contribution in [2.45, 2.75) is 31.9 Å². The van der Waals surface area contributed by atoms with Crippen molar-refractivity contribution in [2.24, 2.45) is 0 Å². The maximum atomic E-state index is 12.7. The van der Waals surface area contributed by atoms with E-state index in [9.17, 15) is 13.6 Å². The molecule has 31 heavy (non-hydrogen) atoms. The van der Waals surface area contributed by atoms with Gasteiger partial charge in [-0.05, 0) is 61.2 Å². The van der Waals surface area contributed by atoms with Gasteiger partial charge in [-0.3, -0.25) is 9.69 Å². The molecule has 1 fully saturated rings. The van der Waals surface area contributed by atoms with Crippen LogP contribution in [0.4, 0.5) is 8.78 Å². The zero-order chi connectivity index (χ0) is 21.8. The van der Waals surface area contributed by atoms with Gasteiger partial charge in [0.15, 0.2) is 0 Å². The van der Waals surface area contributed by atoms with Crippen LogP contribution in [-0.4, -0.2) is 54.0 Å². The van der Waals surface area contributed by atoms with Crippen LogP contribution < -0.4 is 4.74 Å². The highest BCUT2D eigenvalue weighted by Gasteiger charge is 2.24. The van der Waals surface area contributed by atoms with Crippen LogP contribution in [0.1, 0.15) is 29.9 Å². The number of likely N-dealkylation sites (tertiary alicyclic amines) is 1. The number of carbonyl (C=O) groups excluding carboxylic acids is 1. The number of nitrogens with one attached hydrogen (secondary N) is 1. The number of piperidine rings is 1. The molecule has 0 bridgehead atoms. The van der Waals surface area contributed by atoms with Gasteiger partial charge in [0, 0.05) is 30.7 Å². The van der Waals surface area contributed by atoms with Gasteiger partial charge in [-0.15, -0.1) is 0 Å². The molecule has 1 aliphatic rings. The minimum atomic E-state index is -2.84. The molecule has 1 amide bonds. The number of hydrogen-bond acceptors (Lipinski definition) is 3. The lowest BCUT2D eigenvalue weighted by molar-refractivity contribution is -0.131. The van der Waals surface area contributed by atoms with Gasteiger partial charge in [0.05, 0.1) is 6.54 Å². The number of benzene rings is 2. The fourth-order valence-corrected chi connectivity index (χ4v) is 4.28. The molecule has 5 nitrogen and oxygen atoms in total. The molecule has 0 spiro atoms. The predicted octanol–water partition coefficient (Wildman–Crippen LogP) is 4.61. The average molecular weight is 427 g/mol. The third kappa shape index (κ3) is 5.22. The number of H-pyrrole nitrogens is 1. The maximum Gasteiger partial charge on any atom is 0.387 e. The Morgan fingerprint density at radius 1 is 1.16 bits per heavy atom. The maximum absolute atomic E-state index is 12.7. The number of aromatic nitrogens is 1. The summed E-state index contributed by atoms with van der Waals surface area (Å²) in [6.45, 7) is -0.231. The lowest BCUT2D eigenvalue weighted by atomic mass is 9.89. The van der Waals surface area contributed by atoms with E-state index in [0.29, 0.717) is 19.0 Å². The zero-order valence-corrected chi connectivity index (χ0v) is 17.6. The fraction of sp³-hybridized carbons (Fsp3) is 0.375. The fourth-order valence-electron chi connectivity index (χ4n) is 4.28. The quantitative estimate of drug-likeness (QED) is 0.599. The highest BCUT2D eigenvalue weighted by Crippen LogP contribution is 2.33. The minimum absolute atomic E-state index is 0.0541. The molecule has 164 valence electrons. The molecule has 3 aromatic rings. The Bertz CT molecular complexity index is 1010. The lowest BCUT2D eigenvalue weighted by Crippen LogP contribution is -2.41. The highest BCUT2D eigenvalue weighted by molar-refractivity contribution is 5.83. The molecule has 1 aliphatic heterocycles.